The molecule has 0 aliphatic heterocycles. The maximum Gasteiger partial charge on any atom is 0.231 e. The number of carbonyl (C=O) groups is 2. The molecule has 0 aliphatic rings. The van der Waals surface area contributed by atoms with Gasteiger partial charge in [0.2, 0.25) is 5.91 Å². The number of Topliss-reactive ketones (excluding diaryl/α,β-unsaturated/α-hetero) is 1. The van der Waals surface area contributed by atoms with Crippen LogP contribution in [-0.4, -0.2) is 11.7 Å². The van der Waals surface area contributed by atoms with Gasteiger partial charge in [-0.3, -0.25) is 9.59 Å². The Kier molecular flexibility index (Phi) is 4.88. The number of benzene rings is 2. The molecule has 0 saturated carbocycles. The minimum atomic E-state index is -0.168. The molecule has 0 aromatic heterocycles. The average molecular weight is 281 g/mol. The summed E-state index contributed by atoms with van der Waals surface area (Å²) < 4.78 is 0. The van der Waals surface area contributed by atoms with Gasteiger partial charge in [0, 0.05) is 11.3 Å². The maximum atomic E-state index is 12.4. The fourth-order valence-corrected chi connectivity index (χ4v) is 2.28. The van der Waals surface area contributed by atoms with Crippen molar-refractivity contribution in [3.05, 3.63) is 65.7 Å². The van der Waals surface area contributed by atoms with Crippen molar-refractivity contribution in [3.63, 3.8) is 0 Å². The first-order valence-electron chi connectivity index (χ1n) is 7.08. The number of nitrogens with one attached hydrogen (secondary N) is 1. The van der Waals surface area contributed by atoms with Crippen LogP contribution < -0.4 is 5.32 Å². The number of hydrogen-bond donors (Lipinski definition) is 1. The number of anilines is 1. The standard InChI is InChI=1S/C18H19NO2/c1-3-17(15-7-5-4-6-8-15)18(21)19-16-11-9-14(10-12-16)13(2)20/h4-12,17H,3H2,1-2H3,(H,19,21). The third-order valence-corrected chi connectivity index (χ3v) is 3.49. The highest BCUT2D eigenvalue weighted by molar-refractivity contribution is 5.97. The lowest BCUT2D eigenvalue weighted by Crippen LogP contribution is -2.20. The number of rotatable bonds is 5. The van der Waals surface area contributed by atoms with E-state index >= 15 is 0 Å². The van der Waals surface area contributed by atoms with Crippen molar-refractivity contribution < 1.29 is 9.59 Å². The second kappa shape index (κ2) is 6.84. The van der Waals surface area contributed by atoms with Gasteiger partial charge in [-0.2, -0.15) is 0 Å². The molecule has 1 amide bonds. The van der Waals surface area contributed by atoms with Crippen LogP contribution in [0.4, 0.5) is 5.69 Å². The Morgan fingerprint density at radius 2 is 1.62 bits per heavy atom. The van der Waals surface area contributed by atoms with E-state index in [1.807, 2.05) is 37.3 Å². The summed E-state index contributed by atoms with van der Waals surface area (Å²) in [6.07, 6.45) is 0.737. The van der Waals surface area contributed by atoms with Crippen LogP contribution in [0.1, 0.15) is 42.1 Å². The van der Waals surface area contributed by atoms with E-state index in [1.54, 1.807) is 24.3 Å². The Balaban J connectivity index is 2.11. The molecule has 1 unspecified atom stereocenters. The summed E-state index contributed by atoms with van der Waals surface area (Å²) in [5, 5.41) is 2.91. The summed E-state index contributed by atoms with van der Waals surface area (Å²) in [6.45, 7) is 3.52. The first-order chi connectivity index (χ1) is 10.1. The summed E-state index contributed by atoms with van der Waals surface area (Å²) in [7, 11) is 0. The van der Waals surface area contributed by atoms with E-state index in [-0.39, 0.29) is 17.6 Å². The van der Waals surface area contributed by atoms with Gasteiger partial charge < -0.3 is 5.32 Å². The van der Waals surface area contributed by atoms with Crippen LogP contribution in [0.3, 0.4) is 0 Å². The number of amides is 1. The molecule has 0 fully saturated rings. The van der Waals surface area contributed by atoms with Gasteiger partial charge in [-0.05, 0) is 43.2 Å². The Bertz CT molecular complexity index is 617. The van der Waals surface area contributed by atoms with Crippen molar-refractivity contribution in [1.29, 1.82) is 0 Å². The monoisotopic (exact) mass is 281 g/mol. The molecule has 1 N–H and O–H groups in total. The smallest absolute Gasteiger partial charge is 0.231 e. The molecule has 0 spiro atoms. The summed E-state index contributed by atoms with van der Waals surface area (Å²) in [4.78, 5) is 23.6. The molecule has 3 nitrogen and oxygen atoms in total. The van der Waals surface area contributed by atoms with Crippen LogP contribution >= 0.6 is 0 Å². The van der Waals surface area contributed by atoms with Gasteiger partial charge in [-0.1, -0.05) is 37.3 Å². The van der Waals surface area contributed by atoms with E-state index in [1.165, 1.54) is 6.92 Å². The van der Waals surface area contributed by atoms with Crippen LogP contribution in [0.25, 0.3) is 0 Å². The highest BCUT2D eigenvalue weighted by atomic mass is 16.2. The Morgan fingerprint density at radius 3 is 2.14 bits per heavy atom. The zero-order valence-corrected chi connectivity index (χ0v) is 12.3. The fraction of sp³-hybridized carbons (Fsp3) is 0.222. The predicted molar refractivity (Wildman–Crippen MR) is 84.6 cm³/mol. The minimum absolute atomic E-state index is 0.0172. The molecule has 0 heterocycles. The van der Waals surface area contributed by atoms with Gasteiger partial charge in [0.25, 0.3) is 0 Å². The highest BCUT2D eigenvalue weighted by Crippen LogP contribution is 2.21. The van der Waals surface area contributed by atoms with Crippen LogP contribution in [0, 0.1) is 0 Å². The van der Waals surface area contributed by atoms with Crippen molar-refractivity contribution in [2.45, 2.75) is 26.2 Å². The largest absolute Gasteiger partial charge is 0.326 e. The highest BCUT2D eigenvalue weighted by Gasteiger charge is 2.18. The van der Waals surface area contributed by atoms with Crippen molar-refractivity contribution in [1.82, 2.24) is 0 Å². The molecule has 0 radical (unpaired) electrons. The number of carbonyl (C=O) groups excluding carboxylic acids is 2. The van der Waals surface area contributed by atoms with Gasteiger partial charge in [0.15, 0.2) is 5.78 Å². The van der Waals surface area contributed by atoms with E-state index in [2.05, 4.69) is 5.32 Å². The van der Waals surface area contributed by atoms with Crippen molar-refractivity contribution in [2.75, 3.05) is 5.32 Å². The van der Waals surface area contributed by atoms with E-state index < -0.39 is 0 Å². The normalized spacial score (nSPS) is 11.7. The topological polar surface area (TPSA) is 46.2 Å². The molecular weight excluding hydrogens is 262 g/mol. The fourth-order valence-electron chi connectivity index (χ4n) is 2.28. The SMILES string of the molecule is CCC(C(=O)Nc1ccc(C(C)=O)cc1)c1ccccc1. The molecular formula is C18H19NO2. The van der Waals surface area contributed by atoms with E-state index in [0.717, 1.165) is 12.0 Å². The maximum absolute atomic E-state index is 12.4. The Hall–Kier alpha value is -2.42. The molecule has 21 heavy (non-hydrogen) atoms. The van der Waals surface area contributed by atoms with Crippen molar-refractivity contribution in [2.24, 2.45) is 0 Å². The molecule has 2 rings (SSSR count). The van der Waals surface area contributed by atoms with Crippen LogP contribution in [0.2, 0.25) is 0 Å². The third kappa shape index (κ3) is 3.78. The number of hydrogen-bond acceptors (Lipinski definition) is 2. The second-order valence-electron chi connectivity index (χ2n) is 4.99. The summed E-state index contributed by atoms with van der Waals surface area (Å²) in [5.41, 5.74) is 2.36. The molecule has 0 aliphatic carbocycles. The van der Waals surface area contributed by atoms with Gasteiger partial charge in [-0.15, -0.1) is 0 Å². The molecule has 2 aromatic rings. The first kappa shape index (κ1) is 15.0. The molecule has 2 aromatic carbocycles. The van der Waals surface area contributed by atoms with Crippen LogP contribution in [0.5, 0.6) is 0 Å². The lowest BCUT2D eigenvalue weighted by Gasteiger charge is -2.15. The van der Waals surface area contributed by atoms with E-state index in [4.69, 9.17) is 0 Å². The summed E-state index contributed by atoms with van der Waals surface area (Å²) in [6, 6.07) is 16.7. The zero-order chi connectivity index (χ0) is 15.2. The quantitative estimate of drug-likeness (QED) is 0.841. The Labute approximate surface area is 125 Å². The van der Waals surface area contributed by atoms with Crippen LogP contribution in [-0.2, 0) is 4.79 Å². The Morgan fingerprint density at radius 1 is 1.00 bits per heavy atom. The minimum Gasteiger partial charge on any atom is -0.326 e. The number of ketones is 1. The summed E-state index contributed by atoms with van der Waals surface area (Å²) in [5.74, 6) is -0.179. The molecule has 1 atom stereocenters. The van der Waals surface area contributed by atoms with Crippen LogP contribution in [0.15, 0.2) is 54.6 Å². The molecule has 0 saturated heterocycles. The van der Waals surface area contributed by atoms with Gasteiger partial charge in [0.05, 0.1) is 5.92 Å². The van der Waals surface area contributed by atoms with Crippen molar-refractivity contribution in [3.8, 4) is 0 Å². The summed E-state index contributed by atoms with van der Waals surface area (Å²) >= 11 is 0. The lowest BCUT2D eigenvalue weighted by atomic mass is 9.95. The van der Waals surface area contributed by atoms with Gasteiger partial charge >= 0.3 is 0 Å². The first-order valence-corrected chi connectivity index (χ1v) is 7.08. The molecule has 3 heteroatoms. The van der Waals surface area contributed by atoms with E-state index in [9.17, 15) is 9.59 Å². The second-order valence-corrected chi connectivity index (χ2v) is 4.99. The zero-order valence-electron chi connectivity index (χ0n) is 12.3. The molecule has 108 valence electrons. The molecule has 0 bridgehead atoms. The van der Waals surface area contributed by atoms with E-state index in [0.29, 0.717) is 11.3 Å². The van der Waals surface area contributed by atoms with Gasteiger partial charge in [-0.25, -0.2) is 0 Å². The average Bonchev–Trinajstić information content (AvgIpc) is 2.49. The predicted octanol–water partition coefficient (Wildman–Crippen LogP) is 4.02. The third-order valence-electron chi connectivity index (χ3n) is 3.49. The van der Waals surface area contributed by atoms with Crippen molar-refractivity contribution >= 4 is 17.4 Å². The van der Waals surface area contributed by atoms with Gasteiger partial charge in [0.1, 0.15) is 0 Å². The lowest BCUT2D eigenvalue weighted by molar-refractivity contribution is -0.117.